The molecule has 6 heteroatoms. The van der Waals surface area contributed by atoms with Crippen molar-refractivity contribution in [2.24, 2.45) is 0 Å². The maximum Gasteiger partial charge on any atom is 0.164 e. The average molecular weight is 807 g/mol. The number of nitrogens with zero attached hydrogens (tertiary/aromatic N) is 4. The molecule has 294 valence electrons. The lowest BCUT2D eigenvalue weighted by atomic mass is 9.98. The van der Waals surface area contributed by atoms with E-state index in [9.17, 15) is 0 Å². The van der Waals surface area contributed by atoms with Crippen LogP contribution < -0.4 is 0 Å². The Morgan fingerprint density at radius 2 is 0.968 bits per heavy atom. The molecule has 63 heavy (non-hydrogen) atoms. The summed E-state index contributed by atoms with van der Waals surface area (Å²) in [7, 11) is 0. The first kappa shape index (κ1) is 35.2. The Kier molecular flexibility index (Phi) is 7.80. The van der Waals surface area contributed by atoms with Gasteiger partial charge in [0.15, 0.2) is 17.5 Å². The van der Waals surface area contributed by atoms with Gasteiger partial charge in [-0.25, -0.2) is 15.0 Å². The predicted molar refractivity (Wildman–Crippen MR) is 256 cm³/mol. The van der Waals surface area contributed by atoms with Crippen molar-refractivity contribution >= 4 is 65.7 Å². The highest BCUT2D eigenvalue weighted by Crippen LogP contribution is 2.44. The highest BCUT2D eigenvalue weighted by molar-refractivity contribution is 6.19. The van der Waals surface area contributed by atoms with Crippen molar-refractivity contribution in [3.05, 3.63) is 206 Å². The van der Waals surface area contributed by atoms with Gasteiger partial charge < -0.3 is 13.4 Å². The highest BCUT2D eigenvalue weighted by Gasteiger charge is 2.23. The SMILES string of the molecule is c1ccc(-c2ccc3oc4cc(-c5nc(-c6ccccc6)nc(-c6cccc7oc8c(-c9cccc%10c%11ccccc%11n(-c%11ccccc%11)c9%10)cccc8c67)n5)ccc4c3c2)cc1. The number of aromatic nitrogens is 4. The predicted octanol–water partition coefficient (Wildman–Crippen LogP) is 15.1. The molecule has 0 atom stereocenters. The van der Waals surface area contributed by atoms with Crippen LogP contribution in [0, 0.1) is 0 Å². The molecule has 0 aliphatic carbocycles. The van der Waals surface area contributed by atoms with E-state index in [4.69, 9.17) is 23.8 Å². The summed E-state index contributed by atoms with van der Waals surface area (Å²) in [5.41, 5.74) is 13.6. The molecule has 6 nitrogen and oxygen atoms in total. The number of furan rings is 2. The van der Waals surface area contributed by atoms with E-state index in [0.29, 0.717) is 17.5 Å². The van der Waals surface area contributed by atoms with Crippen LogP contribution in [0.2, 0.25) is 0 Å². The van der Waals surface area contributed by atoms with E-state index in [1.165, 1.54) is 10.8 Å². The third-order valence-corrected chi connectivity index (χ3v) is 12.3. The molecule has 0 radical (unpaired) electrons. The van der Waals surface area contributed by atoms with Gasteiger partial charge >= 0.3 is 0 Å². The van der Waals surface area contributed by atoms with Crippen LogP contribution in [0.15, 0.2) is 215 Å². The molecule has 0 aliphatic rings. The number of benzene rings is 9. The smallest absolute Gasteiger partial charge is 0.164 e. The molecule has 9 aromatic carbocycles. The van der Waals surface area contributed by atoms with E-state index in [1.54, 1.807) is 0 Å². The minimum absolute atomic E-state index is 0.553. The molecule has 0 N–H and O–H groups in total. The zero-order chi connectivity index (χ0) is 41.4. The number of rotatable bonds is 6. The molecule has 4 aromatic heterocycles. The third kappa shape index (κ3) is 5.62. The van der Waals surface area contributed by atoms with E-state index in [0.717, 1.165) is 99.5 Å². The van der Waals surface area contributed by atoms with Crippen LogP contribution in [0.1, 0.15) is 0 Å². The number of hydrogen-bond donors (Lipinski definition) is 0. The monoisotopic (exact) mass is 806 g/mol. The van der Waals surface area contributed by atoms with Crippen LogP contribution in [0.5, 0.6) is 0 Å². The van der Waals surface area contributed by atoms with Crippen molar-refractivity contribution in [2.75, 3.05) is 0 Å². The number of fused-ring (bicyclic) bond motifs is 9. The molecular weight excluding hydrogens is 773 g/mol. The summed E-state index contributed by atoms with van der Waals surface area (Å²) >= 11 is 0. The first-order chi connectivity index (χ1) is 31.2. The Balaban J connectivity index is 0.997. The summed E-state index contributed by atoms with van der Waals surface area (Å²) in [5, 5.41) is 6.42. The summed E-state index contributed by atoms with van der Waals surface area (Å²) < 4.78 is 15.8. The second-order valence-corrected chi connectivity index (χ2v) is 15.9. The summed E-state index contributed by atoms with van der Waals surface area (Å²) in [4.78, 5) is 15.5. The Hall–Kier alpha value is -8.61. The second kappa shape index (κ2) is 14.0. The van der Waals surface area contributed by atoms with E-state index in [1.807, 2.05) is 54.6 Å². The first-order valence-corrected chi connectivity index (χ1v) is 21.1. The van der Waals surface area contributed by atoms with Crippen molar-refractivity contribution in [2.45, 2.75) is 0 Å². The zero-order valence-corrected chi connectivity index (χ0v) is 33.7. The molecule has 0 aliphatic heterocycles. The topological polar surface area (TPSA) is 69.9 Å². The normalized spacial score (nSPS) is 11.8. The molecule has 0 amide bonds. The van der Waals surface area contributed by atoms with Gasteiger partial charge in [-0.3, -0.25) is 0 Å². The lowest BCUT2D eigenvalue weighted by Gasteiger charge is -2.12. The summed E-state index contributed by atoms with van der Waals surface area (Å²) in [6.07, 6.45) is 0. The van der Waals surface area contributed by atoms with Crippen LogP contribution in [-0.4, -0.2) is 19.5 Å². The molecular formula is C57H34N4O2. The van der Waals surface area contributed by atoms with Crippen LogP contribution in [0.3, 0.4) is 0 Å². The zero-order valence-electron chi connectivity index (χ0n) is 33.7. The lowest BCUT2D eigenvalue weighted by Crippen LogP contribution is -2.00. The van der Waals surface area contributed by atoms with Gasteiger partial charge in [-0.05, 0) is 59.7 Å². The van der Waals surface area contributed by atoms with Gasteiger partial charge in [-0.1, -0.05) is 158 Å². The first-order valence-electron chi connectivity index (χ1n) is 21.1. The Morgan fingerprint density at radius 1 is 0.333 bits per heavy atom. The molecule has 0 saturated carbocycles. The second-order valence-electron chi connectivity index (χ2n) is 15.9. The molecule has 0 saturated heterocycles. The number of para-hydroxylation sites is 4. The van der Waals surface area contributed by atoms with E-state index in [2.05, 4.69) is 156 Å². The van der Waals surface area contributed by atoms with Crippen LogP contribution in [0.25, 0.3) is 128 Å². The van der Waals surface area contributed by atoms with Crippen molar-refractivity contribution < 1.29 is 8.83 Å². The van der Waals surface area contributed by atoms with E-state index >= 15 is 0 Å². The van der Waals surface area contributed by atoms with Crippen LogP contribution in [0.4, 0.5) is 0 Å². The fraction of sp³-hybridized carbons (Fsp3) is 0. The van der Waals surface area contributed by atoms with Gasteiger partial charge in [0.2, 0.25) is 0 Å². The average Bonchev–Trinajstić information content (AvgIpc) is 4.04. The van der Waals surface area contributed by atoms with Gasteiger partial charge in [0.1, 0.15) is 22.3 Å². The minimum Gasteiger partial charge on any atom is -0.456 e. The maximum absolute atomic E-state index is 6.92. The fourth-order valence-corrected chi connectivity index (χ4v) is 9.40. The van der Waals surface area contributed by atoms with Crippen molar-refractivity contribution in [3.63, 3.8) is 0 Å². The Bertz CT molecular complexity index is 3900. The molecule has 0 bridgehead atoms. The van der Waals surface area contributed by atoms with Gasteiger partial charge in [0, 0.05) is 65.8 Å². The Labute approximate surface area is 361 Å². The van der Waals surface area contributed by atoms with E-state index < -0.39 is 0 Å². The van der Waals surface area contributed by atoms with Gasteiger partial charge in [-0.2, -0.15) is 0 Å². The summed E-state index contributed by atoms with van der Waals surface area (Å²) in [6.45, 7) is 0. The molecule has 0 fully saturated rings. The molecule has 4 heterocycles. The van der Waals surface area contributed by atoms with Crippen molar-refractivity contribution in [3.8, 4) is 62.1 Å². The molecule has 0 spiro atoms. The van der Waals surface area contributed by atoms with Gasteiger partial charge in [0.25, 0.3) is 0 Å². The largest absolute Gasteiger partial charge is 0.456 e. The summed E-state index contributed by atoms with van der Waals surface area (Å²) in [6, 6.07) is 71.4. The van der Waals surface area contributed by atoms with Crippen LogP contribution >= 0.6 is 0 Å². The third-order valence-electron chi connectivity index (χ3n) is 12.3. The van der Waals surface area contributed by atoms with Crippen LogP contribution in [-0.2, 0) is 0 Å². The highest BCUT2D eigenvalue weighted by atomic mass is 16.3. The Morgan fingerprint density at radius 3 is 1.79 bits per heavy atom. The van der Waals surface area contributed by atoms with Crippen molar-refractivity contribution in [1.82, 2.24) is 19.5 Å². The van der Waals surface area contributed by atoms with E-state index in [-0.39, 0.29) is 0 Å². The molecule has 13 rings (SSSR count). The lowest BCUT2D eigenvalue weighted by molar-refractivity contribution is 0.669. The van der Waals surface area contributed by atoms with Gasteiger partial charge in [0.05, 0.1) is 11.0 Å². The molecule has 0 unspecified atom stereocenters. The number of hydrogen-bond acceptors (Lipinski definition) is 5. The standard InChI is InChI=1S/C57H34N4O2/c1-4-15-35(16-5-1)37-30-32-49-47(33-37)41-31-29-38(34-51(41)62-49)56-58-55(36-17-6-2-7-18-36)59-57(60-56)46-26-14-28-50-52(46)45-25-13-24-44(54(45)63-50)43-23-12-22-42-40-21-10-11-27-48(40)61(53(42)43)39-19-8-3-9-20-39/h1-34H. The van der Waals surface area contributed by atoms with Crippen molar-refractivity contribution in [1.29, 1.82) is 0 Å². The summed E-state index contributed by atoms with van der Waals surface area (Å²) in [5.74, 6) is 1.69. The fourth-order valence-electron chi connectivity index (χ4n) is 9.40. The minimum atomic E-state index is 0.553. The molecule has 13 aromatic rings. The quantitative estimate of drug-likeness (QED) is 0.167. The van der Waals surface area contributed by atoms with Gasteiger partial charge in [-0.15, -0.1) is 0 Å². The maximum atomic E-state index is 6.92.